The molecule has 0 saturated carbocycles. The summed E-state index contributed by atoms with van der Waals surface area (Å²) < 4.78 is 15.0. The summed E-state index contributed by atoms with van der Waals surface area (Å²) in [5, 5.41) is 0.483. The third kappa shape index (κ3) is 2.68. The highest BCUT2D eigenvalue weighted by molar-refractivity contribution is 6.21. The highest BCUT2D eigenvalue weighted by atomic mass is 19.1. The minimum Gasteiger partial charge on any atom is -0.324 e. The van der Waals surface area contributed by atoms with Gasteiger partial charge in [-0.1, -0.05) is 17.2 Å². The van der Waals surface area contributed by atoms with E-state index in [1.54, 1.807) is 48.7 Å². The van der Waals surface area contributed by atoms with Crippen LogP contribution in [0.5, 0.6) is 0 Å². The van der Waals surface area contributed by atoms with Crippen LogP contribution in [0.15, 0.2) is 54.6 Å². The fourth-order valence-electron chi connectivity index (χ4n) is 3.34. The molecule has 0 saturated heterocycles. The number of aryl methyl sites for hydroxylation is 1. The molecule has 140 valence electrons. The highest BCUT2D eigenvalue weighted by Gasteiger charge is 2.39. The number of hydrogen-bond donors (Lipinski definition) is 0. The fraction of sp³-hybridized carbons (Fsp3) is 0.0952. The molecule has 2 amide bonds. The van der Waals surface area contributed by atoms with Crippen molar-refractivity contribution < 1.29 is 23.6 Å². The minimum absolute atomic E-state index is 0.192. The quantitative estimate of drug-likeness (QED) is 0.653. The zero-order chi connectivity index (χ0) is 20.0. The molecule has 0 bridgehead atoms. The normalized spacial score (nSPS) is 13.0. The van der Waals surface area contributed by atoms with Crippen LogP contribution >= 0.6 is 0 Å². The van der Waals surface area contributed by atoms with Crippen molar-refractivity contribution in [3.63, 3.8) is 0 Å². The zero-order valence-corrected chi connectivity index (χ0v) is 15.1. The van der Waals surface area contributed by atoms with Gasteiger partial charge in [0.25, 0.3) is 11.8 Å². The van der Waals surface area contributed by atoms with Crippen LogP contribution in [0.2, 0.25) is 0 Å². The summed E-state index contributed by atoms with van der Waals surface area (Å²) in [4.78, 5) is 42.5. The van der Waals surface area contributed by atoms with Crippen molar-refractivity contribution in [2.45, 2.75) is 13.8 Å². The Balaban J connectivity index is 1.63. The Hall–Kier alpha value is -3.74. The summed E-state index contributed by atoms with van der Waals surface area (Å²) in [6.45, 7) is 3.49. The third-order valence-corrected chi connectivity index (χ3v) is 4.67. The van der Waals surface area contributed by atoms with E-state index in [0.29, 0.717) is 16.4 Å². The van der Waals surface area contributed by atoms with Crippen molar-refractivity contribution in [3.05, 3.63) is 88.5 Å². The molecule has 0 spiro atoms. The van der Waals surface area contributed by atoms with Crippen molar-refractivity contribution in [2.24, 2.45) is 0 Å². The maximum Gasteiger partial charge on any atom is 0.365 e. The van der Waals surface area contributed by atoms with E-state index in [1.165, 1.54) is 24.3 Å². The smallest absolute Gasteiger partial charge is 0.324 e. The molecule has 0 unspecified atom stereocenters. The van der Waals surface area contributed by atoms with Crippen LogP contribution in [0.3, 0.4) is 0 Å². The van der Waals surface area contributed by atoms with Gasteiger partial charge in [-0.05, 0) is 56.3 Å². The number of carbonyl (C=O) groups is 3. The predicted molar refractivity (Wildman–Crippen MR) is 97.6 cm³/mol. The lowest BCUT2D eigenvalue weighted by Crippen LogP contribution is -2.32. The Morgan fingerprint density at radius 1 is 0.929 bits per heavy atom. The molecule has 2 aromatic carbocycles. The molecule has 1 aliphatic heterocycles. The largest absolute Gasteiger partial charge is 0.365 e. The maximum absolute atomic E-state index is 13.2. The van der Waals surface area contributed by atoms with Gasteiger partial charge in [-0.2, -0.15) is 0 Å². The molecule has 28 heavy (non-hydrogen) atoms. The second-order valence-electron chi connectivity index (χ2n) is 6.43. The number of benzene rings is 2. The van der Waals surface area contributed by atoms with Crippen LogP contribution in [-0.2, 0) is 4.84 Å². The lowest BCUT2D eigenvalue weighted by molar-refractivity contribution is -0.0585. The molecule has 0 N–H and O–H groups in total. The van der Waals surface area contributed by atoms with Crippen molar-refractivity contribution in [1.82, 2.24) is 9.63 Å². The van der Waals surface area contributed by atoms with Crippen LogP contribution < -0.4 is 0 Å². The van der Waals surface area contributed by atoms with Gasteiger partial charge in [-0.15, -0.1) is 0 Å². The Morgan fingerprint density at radius 3 is 2.07 bits per heavy atom. The monoisotopic (exact) mass is 378 g/mol. The summed E-state index contributed by atoms with van der Waals surface area (Å²) in [6.07, 6.45) is 0. The van der Waals surface area contributed by atoms with Crippen LogP contribution in [-0.4, -0.2) is 27.4 Å². The van der Waals surface area contributed by atoms with E-state index in [1.807, 2.05) is 0 Å². The van der Waals surface area contributed by atoms with Crippen LogP contribution in [0.1, 0.15) is 42.5 Å². The SMILES string of the molecule is Cc1cc(C(=O)ON2C(=O)c3ccccc3C2=O)c(C)n1-c1ccc(F)cc1. The molecular formula is C21H15FN2O4. The first-order chi connectivity index (χ1) is 13.4. The summed E-state index contributed by atoms with van der Waals surface area (Å²) in [5.41, 5.74) is 2.54. The Bertz CT molecular complexity index is 1100. The third-order valence-electron chi connectivity index (χ3n) is 4.67. The van der Waals surface area contributed by atoms with Gasteiger partial charge in [0, 0.05) is 17.1 Å². The number of imide groups is 1. The predicted octanol–water partition coefficient (Wildman–Crippen LogP) is 3.60. The Labute approximate surface area is 159 Å². The van der Waals surface area contributed by atoms with E-state index in [4.69, 9.17) is 4.84 Å². The van der Waals surface area contributed by atoms with Gasteiger partial charge in [0.05, 0.1) is 16.7 Å². The van der Waals surface area contributed by atoms with Gasteiger partial charge < -0.3 is 9.40 Å². The number of aromatic nitrogens is 1. The van der Waals surface area contributed by atoms with Gasteiger partial charge in [-0.3, -0.25) is 9.59 Å². The zero-order valence-electron chi connectivity index (χ0n) is 15.1. The highest BCUT2D eigenvalue weighted by Crippen LogP contribution is 2.26. The van der Waals surface area contributed by atoms with E-state index in [-0.39, 0.29) is 22.5 Å². The second-order valence-corrected chi connectivity index (χ2v) is 6.43. The van der Waals surface area contributed by atoms with E-state index in [2.05, 4.69) is 0 Å². The minimum atomic E-state index is -0.823. The molecule has 1 aromatic heterocycles. The standard InChI is InChI=1S/C21H15FN2O4/c1-12-11-18(13(2)23(12)15-9-7-14(22)8-10-15)21(27)28-24-19(25)16-5-3-4-6-17(16)20(24)26/h3-11H,1-2H3. The second kappa shape index (κ2) is 6.45. The van der Waals surface area contributed by atoms with E-state index in [9.17, 15) is 18.8 Å². The molecular weight excluding hydrogens is 363 g/mol. The van der Waals surface area contributed by atoms with E-state index >= 15 is 0 Å². The van der Waals surface area contributed by atoms with Crippen molar-refractivity contribution >= 4 is 17.8 Å². The molecule has 7 heteroatoms. The van der Waals surface area contributed by atoms with Crippen molar-refractivity contribution in [2.75, 3.05) is 0 Å². The molecule has 3 aromatic rings. The number of hydroxylamine groups is 2. The first-order valence-electron chi connectivity index (χ1n) is 8.53. The van der Waals surface area contributed by atoms with Crippen LogP contribution in [0, 0.1) is 19.7 Å². The van der Waals surface area contributed by atoms with Crippen LogP contribution in [0.25, 0.3) is 5.69 Å². The van der Waals surface area contributed by atoms with Gasteiger partial charge in [-0.25, -0.2) is 9.18 Å². The molecule has 2 heterocycles. The first kappa shape index (κ1) is 17.7. The average Bonchev–Trinajstić information content (AvgIpc) is 3.11. The fourth-order valence-corrected chi connectivity index (χ4v) is 3.34. The number of fused-ring (bicyclic) bond motifs is 1. The number of rotatable bonds is 3. The number of carbonyl (C=O) groups excluding carboxylic acids is 3. The van der Waals surface area contributed by atoms with Crippen molar-refractivity contribution in [1.29, 1.82) is 0 Å². The molecule has 0 aliphatic carbocycles. The van der Waals surface area contributed by atoms with Gasteiger partial charge in [0.15, 0.2) is 0 Å². The number of hydrogen-bond acceptors (Lipinski definition) is 4. The van der Waals surface area contributed by atoms with Crippen molar-refractivity contribution in [3.8, 4) is 5.69 Å². The maximum atomic E-state index is 13.2. The average molecular weight is 378 g/mol. The van der Waals surface area contributed by atoms with Gasteiger partial charge in [0.2, 0.25) is 0 Å². The topological polar surface area (TPSA) is 68.6 Å². The van der Waals surface area contributed by atoms with E-state index in [0.717, 1.165) is 5.69 Å². The number of amides is 2. The summed E-state index contributed by atoms with van der Waals surface area (Å²) in [6, 6.07) is 13.7. The molecule has 1 aliphatic rings. The van der Waals surface area contributed by atoms with Gasteiger partial charge >= 0.3 is 5.97 Å². The first-order valence-corrected chi connectivity index (χ1v) is 8.53. The summed E-state index contributed by atoms with van der Waals surface area (Å²) in [5.74, 6) is -2.55. The Morgan fingerprint density at radius 2 is 1.50 bits per heavy atom. The Kier molecular flexibility index (Phi) is 4.07. The summed E-state index contributed by atoms with van der Waals surface area (Å²) in [7, 11) is 0. The van der Waals surface area contributed by atoms with Gasteiger partial charge in [0.1, 0.15) is 5.82 Å². The molecule has 4 rings (SSSR count). The number of nitrogens with zero attached hydrogens (tertiary/aromatic N) is 2. The molecule has 0 fully saturated rings. The number of halogens is 1. The molecule has 0 radical (unpaired) electrons. The lowest BCUT2D eigenvalue weighted by Gasteiger charge is -2.13. The van der Waals surface area contributed by atoms with Crippen LogP contribution in [0.4, 0.5) is 4.39 Å². The summed E-state index contributed by atoms with van der Waals surface area (Å²) >= 11 is 0. The molecule has 0 atom stereocenters. The molecule has 6 nitrogen and oxygen atoms in total. The van der Waals surface area contributed by atoms with E-state index < -0.39 is 17.8 Å². The lowest BCUT2D eigenvalue weighted by atomic mass is 10.1.